The van der Waals surface area contributed by atoms with Crippen molar-refractivity contribution in [3.63, 3.8) is 0 Å². The molecule has 242 valence electrons. The van der Waals surface area contributed by atoms with Crippen LogP contribution in [0.3, 0.4) is 0 Å². The molecule has 0 spiro atoms. The molecule has 1 saturated heterocycles. The normalized spacial score (nSPS) is 16.5. The summed E-state index contributed by atoms with van der Waals surface area (Å²) in [6, 6.07) is 9.24. The average Bonchev–Trinajstić information content (AvgIpc) is 2.94. The second-order valence-electron chi connectivity index (χ2n) is 11.8. The van der Waals surface area contributed by atoms with E-state index < -0.39 is 56.2 Å². The summed E-state index contributed by atoms with van der Waals surface area (Å²) in [5, 5.41) is 5.22. The van der Waals surface area contributed by atoms with Crippen LogP contribution < -0.4 is 10.6 Å². The molecule has 1 heterocycles. The molecule has 3 rings (SSSR count). The number of amides is 3. The fourth-order valence-electron chi connectivity index (χ4n) is 4.52. The lowest BCUT2D eigenvalue weighted by atomic mass is 10.0. The van der Waals surface area contributed by atoms with E-state index in [0.29, 0.717) is 18.1 Å². The molecule has 1 atom stereocenters. The largest absolute Gasteiger partial charge is 0.444 e. The van der Waals surface area contributed by atoms with Crippen LogP contribution in [0.2, 0.25) is 0 Å². The summed E-state index contributed by atoms with van der Waals surface area (Å²) >= 11 is 0. The van der Waals surface area contributed by atoms with Gasteiger partial charge in [0.25, 0.3) is 0 Å². The SMILES string of the molecule is CC(C)c1ccc(CNC(=O)[C@H]2CN(C(=O)CCNC(=O)OC(C)(C)C)CCN2S(=O)(=O)c2ccc(C(F)(F)F)cc2)cc1. The minimum Gasteiger partial charge on any atom is -0.444 e. The number of piperazine rings is 1. The summed E-state index contributed by atoms with van der Waals surface area (Å²) in [5.41, 5.74) is 0.151. The molecule has 1 fully saturated rings. The lowest BCUT2D eigenvalue weighted by Gasteiger charge is -2.39. The smallest absolute Gasteiger partial charge is 0.416 e. The molecular formula is C30H39F3N4O6S. The number of ether oxygens (including phenoxy) is 1. The van der Waals surface area contributed by atoms with E-state index >= 15 is 0 Å². The third kappa shape index (κ3) is 9.42. The lowest BCUT2D eigenvalue weighted by Crippen LogP contribution is -2.61. The monoisotopic (exact) mass is 640 g/mol. The summed E-state index contributed by atoms with van der Waals surface area (Å²) in [5.74, 6) is -0.778. The number of sulfonamides is 1. The van der Waals surface area contributed by atoms with Crippen LogP contribution in [0, 0.1) is 0 Å². The van der Waals surface area contributed by atoms with Crippen molar-refractivity contribution >= 4 is 27.9 Å². The first-order valence-corrected chi connectivity index (χ1v) is 15.6. The van der Waals surface area contributed by atoms with Gasteiger partial charge in [0.05, 0.1) is 10.5 Å². The molecule has 0 radical (unpaired) electrons. The molecule has 1 aliphatic rings. The average molecular weight is 641 g/mol. The quantitative estimate of drug-likeness (QED) is 0.422. The molecule has 44 heavy (non-hydrogen) atoms. The highest BCUT2D eigenvalue weighted by atomic mass is 32.2. The molecule has 0 saturated carbocycles. The molecule has 10 nitrogen and oxygen atoms in total. The summed E-state index contributed by atoms with van der Waals surface area (Å²) in [7, 11) is -4.42. The van der Waals surface area contributed by atoms with Crippen molar-refractivity contribution in [3.8, 4) is 0 Å². The number of hydrogen-bond donors (Lipinski definition) is 2. The van der Waals surface area contributed by atoms with Crippen LogP contribution in [-0.2, 0) is 37.1 Å². The number of carbonyl (C=O) groups excluding carboxylic acids is 3. The van der Waals surface area contributed by atoms with E-state index in [1.807, 2.05) is 38.1 Å². The van der Waals surface area contributed by atoms with Gasteiger partial charge in [0.1, 0.15) is 11.6 Å². The predicted octanol–water partition coefficient (Wildman–Crippen LogP) is 4.26. The maximum Gasteiger partial charge on any atom is 0.416 e. The fourth-order valence-corrected chi connectivity index (χ4v) is 6.09. The second kappa shape index (κ2) is 14.0. The highest BCUT2D eigenvalue weighted by Gasteiger charge is 2.41. The van der Waals surface area contributed by atoms with Crippen LogP contribution in [0.4, 0.5) is 18.0 Å². The molecule has 2 N–H and O–H groups in total. The van der Waals surface area contributed by atoms with Gasteiger partial charge in [-0.3, -0.25) is 9.59 Å². The number of nitrogens with one attached hydrogen (secondary N) is 2. The Morgan fingerprint density at radius 2 is 1.57 bits per heavy atom. The molecule has 2 aromatic rings. The molecule has 0 bridgehead atoms. The Kier molecular flexibility index (Phi) is 11.1. The molecule has 0 aliphatic carbocycles. The van der Waals surface area contributed by atoms with E-state index in [1.54, 1.807) is 20.8 Å². The van der Waals surface area contributed by atoms with E-state index in [9.17, 15) is 36.0 Å². The fraction of sp³-hybridized carbons (Fsp3) is 0.500. The van der Waals surface area contributed by atoms with Gasteiger partial charge in [-0.25, -0.2) is 13.2 Å². The van der Waals surface area contributed by atoms with Crippen molar-refractivity contribution in [1.82, 2.24) is 19.8 Å². The summed E-state index contributed by atoms with van der Waals surface area (Å²) in [4.78, 5) is 39.3. The summed E-state index contributed by atoms with van der Waals surface area (Å²) in [6.45, 7) is 8.62. The molecular weight excluding hydrogens is 601 g/mol. The number of halogens is 3. The number of alkyl carbamates (subject to hydrolysis) is 1. The van der Waals surface area contributed by atoms with Crippen molar-refractivity contribution in [2.45, 2.75) is 76.2 Å². The molecule has 3 amide bonds. The zero-order chi connectivity index (χ0) is 32.9. The van der Waals surface area contributed by atoms with Crippen LogP contribution in [0.1, 0.15) is 63.6 Å². The summed E-state index contributed by atoms with van der Waals surface area (Å²) < 4.78 is 72.4. The van der Waals surface area contributed by atoms with E-state index in [1.165, 1.54) is 4.90 Å². The van der Waals surface area contributed by atoms with Crippen LogP contribution in [-0.4, -0.2) is 73.4 Å². The van der Waals surface area contributed by atoms with Crippen LogP contribution in [0.25, 0.3) is 0 Å². The topological polar surface area (TPSA) is 125 Å². The van der Waals surface area contributed by atoms with Crippen molar-refractivity contribution < 1.29 is 40.7 Å². The van der Waals surface area contributed by atoms with Crippen molar-refractivity contribution in [1.29, 1.82) is 0 Å². The molecule has 2 aromatic carbocycles. The molecule has 1 aliphatic heterocycles. The van der Waals surface area contributed by atoms with Crippen LogP contribution >= 0.6 is 0 Å². The van der Waals surface area contributed by atoms with Crippen molar-refractivity contribution in [3.05, 3.63) is 65.2 Å². The zero-order valence-corrected chi connectivity index (χ0v) is 26.2. The number of hydrogen-bond acceptors (Lipinski definition) is 6. The number of carbonyl (C=O) groups is 3. The minimum atomic E-state index is -4.65. The molecule has 14 heteroatoms. The highest BCUT2D eigenvalue weighted by Crippen LogP contribution is 2.31. The molecule has 0 aromatic heterocycles. The Balaban J connectivity index is 1.77. The third-order valence-electron chi connectivity index (χ3n) is 6.90. The van der Waals surface area contributed by atoms with Gasteiger partial charge in [0.2, 0.25) is 21.8 Å². The predicted molar refractivity (Wildman–Crippen MR) is 157 cm³/mol. The first-order chi connectivity index (χ1) is 20.4. The van der Waals surface area contributed by atoms with Gasteiger partial charge in [-0.1, -0.05) is 38.1 Å². The summed E-state index contributed by atoms with van der Waals surface area (Å²) in [6.07, 6.45) is -5.47. The first kappa shape index (κ1) is 34.8. The first-order valence-electron chi connectivity index (χ1n) is 14.2. The van der Waals surface area contributed by atoms with E-state index in [-0.39, 0.29) is 39.1 Å². The van der Waals surface area contributed by atoms with E-state index in [2.05, 4.69) is 10.6 Å². The van der Waals surface area contributed by atoms with E-state index in [0.717, 1.165) is 27.6 Å². The van der Waals surface area contributed by atoms with Crippen LogP contribution in [0.5, 0.6) is 0 Å². The van der Waals surface area contributed by atoms with E-state index in [4.69, 9.17) is 4.74 Å². The second-order valence-corrected chi connectivity index (χ2v) is 13.7. The Bertz CT molecular complexity index is 1420. The van der Waals surface area contributed by atoms with Gasteiger partial charge in [-0.15, -0.1) is 0 Å². The van der Waals surface area contributed by atoms with Gasteiger partial charge in [0, 0.05) is 39.1 Å². The molecule has 0 unspecified atom stereocenters. The van der Waals surface area contributed by atoms with Crippen LogP contribution in [0.15, 0.2) is 53.4 Å². The number of nitrogens with zero attached hydrogens (tertiary/aromatic N) is 2. The standard InChI is InChI=1S/C30H39F3N4O6S/c1-20(2)22-8-6-21(7-9-22)18-35-27(39)25-19-36(26(38)14-15-34-28(40)43-29(3,4)5)16-17-37(25)44(41,42)24-12-10-23(11-13-24)30(31,32)33/h6-13,20,25H,14-19H2,1-5H3,(H,34,40)(H,35,39)/t25-/m1/s1. The van der Waals surface area contributed by atoms with Gasteiger partial charge in [0.15, 0.2) is 0 Å². The van der Waals surface area contributed by atoms with Gasteiger partial charge in [-0.2, -0.15) is 17.5 Å². The van der Waals surface area contributed by atoms with Gasteiger partial charge < -0.3 is 20.3 Å². The van der Waals surface area contributed by atoms with Crippen molar-refractivity contribution in [2.75, 3.05) is 26.2 Å². The Labute approximate surface area is 256 Å². The number of rotatable bonds is 9. The zero-order valence-electron chi connectivity index (χ0n) is 25.4. The van der Waals surface area contributed by atoms with Crippen molar-refractivity contribution in [2.24, 2.45) is 0 Å². The van der Waals surface area contributed by atoms with Gasteiger partial charge in [-0.05, 0) is 62.1 Å². The van der Waals surface area contributed by atoms with Gasteiger partial charge >= 0.3 is 12.3 Å². The Hall–Kier alpha value is -3.65. The number of benzene rings is 2. The minimum absolute atomic E-state index is 0.0406. The lowest BCUT2D eigenvalue weighted by molar-refractivity contribution is -0.138. The Morgan fingerprint density at radius 3 is 2.11 bits per heavy atom. The third-order valence-corrected chi connectivity index (χ3v) is 8.82. The highest BCUT2D eigenvalue weighted by molar-refractivity contribution is 7.89. The maximum absolute atomic E-state index is 13.6. The maximum atomic E-state index is 13.6. The Morgan fingerprint density at radius 1 is 0.955 bits per heavy atom. The number of alkyl halides is 3.